The van der Waals surface area contributed by atoms with Gasteiger partial charge in [-0.25, -0.2) is 0 Å². The van der Waals surface area contributed by atoms with E-state index in [1.807, 2.05) is 20.8 Å². The zero-order chi connectivity index (χ0) is 15.8. The Kier molecular flexibility index (Phi) is 81.9. The minimum absolute atomic E-state index is 0. The third-order valence-corrected chi connectivity index (χ3v) is 1.85. The van der Waals surface area contributed by atoms with E-state index in [1.54, 1.807) is 0 Å². The molecule has 20 heavy (non-hydrogen) atoms. The van der Waals surface area contributed by atoms with Gasteiger partial charge in [-0.05, 0) is 0 Å². The standard InChI is InChI=1S/3C4H9O.C4H9.Ti/c3*1-2-3-4-5;1-3-4-2;/h3*2-4H2,1H3;1,3-4H2,2H3;/q4*-1;+4. The van der Waals surface area contributed by atoms with Gasteiger partial charge >= 0.3 is 21.7 Å². The van der Waals surface area contributed by atoms with Crippen molar-refractivity contribution >= 4 is 0 Å². The van der Waals surface area contributed by atoms with Crippen LogP contribution in [0.4, 0.5) is 0 Å². The summed E-state index contributed by atoms with van der Waals surface area (Å²) in [5.41, 5.74) is 0. The SMILES string of the molecule is CCCC[O-].CCCC[O-].CCCC[O-].[CH2-]CCC.[Ti+4]. The van der Waals surface area contributed by atoms with Crippen LogP contribution in [0.5, 0.6) is 0 Å². The van der Waals surface area contributed by atoms with Crippen molar-refractivity contribution in [2.75, 3.05) is 19.8 Å². The summed E-state index contributed by atoms with van der Waals surface area (Å²) in [6, 6.07) is 0. The van der Waals surface area contributed by atoms with Crippen LogP contribution in [-0.2, 0) is 21.7 Å². The van der Waals surface area contributed by atoms with Gasteiger partial charge in [-0.15, -0.1) is 19.8 Å². The summed E-state index contributed by atoms with van der Waals surface area (Å²) >= 11 is 0. The van der Waals surface area contributed by atoms with Gasteiger partial charge in [-0.2, -0.15) is 6.42 Å². The van der Waals surface area contributed by atoms with E-state index in [0.717, 1.165) is 44.9 Å². The van der Waals surface area contributed by atoms with E-state index in [1.165, 1.54) is 6.42 Å². The van der Waals surface area contributed by atoms with Crippen LogP contribution in [0.1, 0.15) is 79.1 Å². The molecular formula is C16H36O3Ti. The van der Waals surface area contributed by atoms with Crippen LogP contribution in [0.25, 0.3) is 0 Å². The van der Waals surface area contributed by atoms with E-state index in [2.05, 4.69) is 13.8 Å². The third kappa shape index (κ3) is 99.8. The molecule has 0 spiro atoms. The van der Waals surface area contributed by atoms with E-state index in [-0.39, 0.29) is 41.5 Å². The second-order valence-electron chi connectivity index (χ2n) is 4.03. The zero-order valence-electron chi connectivity index (χ0n) is 14.2. The monoisotopic (exact) mass is 324 g/mol. The second kappa shape index (κ2) is 50.4. The first-order valence-electron chi connectivity index (χ1n) is 7.69. The minimum Gasteiger partial charge on any atom is -0.854 e. The fourth-order valence-corrected chi connectivity index (χ4v) is 0.433. The molecule has 3 nitrogen and oxygen atoms in total. The van der Waals surface area contributed by atoms with Crippen molar-refractivity contribution in [3.63, 3.8) is 0 Å². The third-order valence-electron chi connectivity index (χ3n) is 1.85. The summed E-state index contributed by atoms with van der Waals surface area (Å²) in [6.45, 7) is 12.0. The Morgan fingerprint density at radius 3 is 0.800 bits per heavy atom. The Bertz CT molecular complexity index is 71.5. The van der Waals surface area contributed by atoms with Crippen molar-refractivity contribution in [2.24, 2.45) is 0 Å². The number of unbranched alkanes of at least 4 members (excludes halogenated alkanes) is 4. The molecule has 0 unspecified atom stereocenters. The van der Waals surface area contributed by atoms with Gasteiger partial charge < -0.3 is 22.2 Å². The zero-order valence-corrected chi connectivity index (χ0v) is 15.8. The molecule has 4 heteroatoms. The molecule has 0 atom stereocenters. The molecule has 0 saturated carbocycles. The predicted molar refractivity (Wildman–Crippen MR) is 79.6 cm³/mol. The number of hydrogen-bond acceptors (Lipinski definition) is 3. The van der Waals surface area contributed by atoms with E-state index in [4.69, 9.17) is 0 Å². The molecule has 0 aromatic rings. The first-order chi connectivity index (χ1) is 9.16. The summed E-state index contributed by atoms with van der Waals surface area (Å²) in [4.78, 5) is 0. The van der Waals surface area contributed by atoms with Crippen molar-refractivity contribution in [3.05, 3.63) is 6.92 Å². The summed E-state index contributed by atoms with van der Waals surface area (Å²) in [7, 11) is 0. The normalized spacial score (nSPS) is 7.80. The molecule has 0 aliphatic rings. The summed E-state index contributed by atoms with van der Waals surface area (Å²) in [5.74, 6) is 0. The minimum atomic E-state index is 0. The van der Waals surface area contributed by atoms with Crippen molar-refractivity contribution in [1.29, 1.82) is 0 Å². The van der Waals surface area contributed by atoms with Crippen molar-refractivity contribution in [1.82, 2.24) is 0 Å². The van der Waals surface area contributed by atoms with Gasteiger partial charge in [0.25, 0.3) is 0 Å². The first-order valence-corrected chi connectivity index (χ1v) is 7.69. The van der Waals surface area contributed by atoms with Crippen molar-refractivity contribution in [3.8, 4) is 0 Å². The van der Waals surface area contributed by atoms with Crippen LogP contribution in [0.3, 0.4) is 0 Å². The van der Waals surface area contributed by atoms with Crippen LogP contribution in [0.15, 0.2) is 0 Å². The summed E-state index contributed by atoms with van der Waals surface area (Å²) in [6.07, 6.45) is 7.87. The van der Waals surface area contributed by atoms with Gasteiger partial charge in [0.05, 0.1) is 0 Å². The average molecular weight is 324 g/mol. The van der Waals surface area contributed by atoms with E-state index in [9.17, 15) is 15.3 Å². The maximum Gasteiger partial charge on any atom is 4.00 e. The Labute approximate surface area is 143 Å². The van der Waals surface area contributed by atoms with Gasteiger partial charge in [-0.1, -0.05) is 72.6 Å². The average Bonchev–Trinajstić information content (AvgIpc) is 2.43. The summed E-state index contributed by atoms with van der Waals surface area (Å²) in [5, 5.41) is 28.6. The maximum absolute atomic E-state index is 9.53. The molecule has 0 amide bonds. The quantitative estimate of drug-likeness (QED) is 0.532. The fraction of sp³-hybridized carbons (Fsp3) is 0.938. The van der Waals surface area contributed by atoms with Gasteiger partial charge in [0.1, 0.15) is 0 Å². The molecule has 0 saturated heterocycles. The molecule has 0 aliphatic heterocycles. The molecule has 0 aromatic heterocycles. The van der Waals surface area contributed by atoms with Crippen LogP contribution in [-0.4, -0.2) is 19.8 Å². The largest absolute Gasteiger partial charge is 4.00 e. The summed E-state index contributed by atoms with van der Waals surface area (Å²) < 4.78 is 0. The molecule has 0 N–H and O–H groups in total. The van der Waals surface area contributed by atoms with E-state index in [0.29, 0.717) is 0 Å². The van der Waals surface area contributed by atoms with Gasteiger partial charge in [0, 0.05) is 0 Å². The molecule has 0 aromatic carbocycles. The maximum atomic E-state index is 9.53. The van der Waals surface area contributed by atoms with Gasteiger partial charge in [0.2, 0.25) is 0 Å². The fourth-order valence-electron chi connectivity index (χ4n) is 0.433. The molecule has 0 bridgehead atoms. The van der Waals surface area contributed by atoms with Crippen LogP contribution >= 0.6 is 0 Å². The molecule has 0 heterocycles. The second-order valence-corrected chi connectivity index (χ2v) is 4.03. The van der Waals surface area contributed by atoms with E-state index >= 15 is 0 Å². The molecule has 0 fully saturated rings. The van der Waals surface area contributed by atoms with Crippen LogP contribution in [0, 0.1) is 6.92 Å². The molecule has 0 rings (SSSR count). The van der Waals surface area contributed by atoms with Crippen molar-refractivity contribution in [2.45, 2.75) is 79.1 Å². The molecule has 0 radical (unpaired) electrons. The smallest absolute Gasteiger partial charge is 0.854 e. The number of rotatable bonds is 7. The Balaban J connectivity index is -0.0000000494. The Morgan fingerprint density at radius 1 is 0.600 bits per heavy atom. The van der Waals surface area contributed by atoms with Gasteiger partial charge in [-0.3, -0.25) is 0 Å². The van der Waals surface area contributed by atoms with Crippen molar-refractivity contribution < 1.29 is 37.0 Å². The molecule has 0 aliphatic carbocycles. The first kappa shape index (κ1) is 32.5. The van der Waals surface area contributed by atoms with Crippen LogP contribution < -0.4 is 15.3 Å². The Morgan fingerprint density at radius 2 is 0.800 bits per heavy atom. The van der Waals surface area contributed by atoms with E-state index < -0.39 is 0 Å². The van der Waals surface area contributed by atoms with Gasteiger partial charge in [0.15, 0.2) is 0 Å². The van der Waals surface area contributed by atoms with Crippen LogP contribution in [0.2, 0.25) is 0 Å². The number of hydrogen-bond donors (Lipinski definition) is 0. The molecule has 122 valence electrons. The molecular weight excluding hydrogens is 288 g/mol. The predicted octanol–water partition coefficient (Wildman–Crippen LogP) is 2.06. The topological polar surface area (TPSA) is 69.2 Å². The Hall–Kier alpha value is 0.594.